The zero-order chi connectivity index (χ0) is 27.4. The third kappa shape index (κ3) is 8.86. The van der Waals surface area contributed by atoms with E-state index in [1.54, 1.807) is 25.7 Å². The minimum Gasteiger partial charge on any atom is -0.444 e. The SMILES string of the molecule is CC(C)(C)OC(=O)N1CCN(CC(NS(=O)(=O)c2ccc(OC(F)(F)F)cc2)c2ccc(F)cc2)CC1. The number of benzene rings is 2. The molecule has 13 heteroatoms. The van der Waals surface area contributed by atoms with E-state index in [0.29, 0.717) is 31.7 Å². The summed E-state index contributed by atoms with van der Waals surface area (Å²) >= 11 is 0. The Kier molecular flexibility index (Phi) is 8.70. The maximum absolute atomic E-state index is 13.5. The van der Waals surface area contributed by atoms with Gasteiger partial charge in [-0.05, 0) is 62.7 Å². The number of halogens is 4. The molecule has 204 valence electrons. The van der Waals surface area contributed by atoms with Crippen LogP contribution >= 0.6 is 0 Å². The standard InChI is InChI=1S/C24H29F4N3O5S/c1-23(2,3)36-22(32)31-14-12-30(13-15-31)16-21(17-4-6-18(25)7-5-17)29-37(33,34)20-10-8-19(9-11-20)35-24(26,27)28/h4-11,21,29H,12-16H2,1-3H3. The van der Waals surface area contributed by atoms with E-state index in [-0.39, 0.29) is 11.4 Å². The first-order valence-corrected chi connectivity index (χ1v) is 12.9. The van der Waals surface area contributed by atoms with Crippen molar-refractivity contribution in [3.8, 4) is 5.75 Å². The van der Waals surface area contributed by atoms with Crippen molar-refractivity contribution in [3.05, 3.63) is 59.9 Å². The molecular formula is C24H29F4N3O5S. The topological polar surface area (TPSA) is 88.2 Å². The van der Waals surface area contributed by atoms with Gasteiger partial charge in [-0.2, -0.15) is 0 Å². The lowest BCUT2D eigenvalue weighted by Crippen LogP contribution is -2.51. The highest BCUT2D eigenvalue weighted by atomic mass is 32.2. The van der Waals surface area contributed by atoms with E-state index in [2.05, 4.69) is 9.46 Å². The number of carbonyl (C=O) groups excluding carboxylic acids is 1. The Morgan fingerprint density at radius 2 is 1.54 bits per heavy atom. The number of ether oxygens (including phenoxy) is 2. The molecular weight excluding hydrogens is 518 g/mol. The van der Waals surface area contributed by atoms with Gasteiger partial charge in [0, 0.05) is 32.7 Å². The number of carbonyl (C=O) groups is 1. The summed E-state index contributed by atoms with van der Waals surface area (Å²) in [5.41, 5.74) is -0.131. The van der Waals surface area contributed by atoms with Crippen LogP contribution in [0.5, 0.6) is 5.75 Å². The Labute approximate surface area is 213 Å². The molecule has 2 aromatic rings. The number of hydrogen-bond donors (Lipinski definition) is 1. The van der Waals surface area contributed by atoms with Crippen LogP contribution in [0.1, 0.15) is 32.4 Å². The average molecular weight is 548 g/mol. The fourth-order valence-electron chi connectivity index (χ4n) is 3.68. The molecule has 0 radical (unpaired) electrons. The molecule has 0 aromatic heterocycles. The molecule has 8 nitrogen and oxygen atoms in total. The van der Waals surface area contributed by atoms with E-state index >= 15 is 0 Å². The maximum Gasteiger partial charge on any atom is 0.573 e. The lowest BCUT2D eigenvalue weighted by Gasteiger charge is -2.37. The van der Waals surface area contributed by atoms with E-state index < -0.39 is 45.7 Å². The molecule has 0 bridgehead atoms. The summed E-state index contributed by atoms with van der Waals surface area (Å²) in [6.45, 7) is 7.18. The van der Waals surface area contributed by atoms with Crippen LogP contribution in [0.4, 0.5) is 22.4 Å². The molecule has 1 unspecified atom stereocenters. The number of nitrogens with zero attached hydrogens (tertiary/aromatic N) is 2. The second-order valence-electron chi connectivity index (χ2n) is 9.51. The highest BCUT2D eigenvalue weighted by Crippen LogP contribution is 2.25. The lowest BCUT2D eigenvalue weighted by molar-refractivity contribution is -0.274. The van der Waals surface area contributed by atoms with E-state index in [4.69, 9.17) is 4.74 Å². The van der Waals surface area contributed by atoms with Crippen LogP contribution in [0.15, 0.2) is 53.4 Å². The van der Waals surface area contributed by atoms with E-state index in [1.807, 2.05) is 4.90 Å². The molecule has 1 saturated heterocycles. The van der Waals surface area contributed by atoms with Crippen LogP contribution in [0, 0.1) is 5.82 Å². The first kappa shape index (κ1) is 28.7. The Hall–Kier alpha value is -2.90. The predicted octanol–water partition coefficient (Wildman–Crippen LogP) is 4.30. The Balaban J connectivity index is 1.72. The smallest absolute Gasteiger partial charge is 0.444 e. The molecule has 1 aliphatic heterocycles. The maximum atomic E-state index is 13.5. The summed E-state index contributed by atoms with van der Waals surface area (Å²) in [7, 11) is -4.17. The number of rotatable bonds is 7. The summed E-state index contributed by atoms with van der Waals surface area (Å²) in [6.07, 6.45) is -5.33. The Morgan fingerprint density at radius 3 is 2.05 bits per heavy atom. The minimum atomic E-state index is -4.90. The third-order valence-corrected chi connectivity index (χ3v) is 6.89. The van der Waals surface area contributed by atoms with Crippen LogP contribution < -0.4 is 9.46 Å². The van der Waals surface area contributed by atoms with Crippen molar-refractivity contribution in [1.29, 1.82) is 0 Å². The molecule has 1 aliphatic rings. The lowest BCUT2D eigenvalue weighted by atomic mass is 10.1. The Bertz CT molecular complexity index is 1160. The zero-order valence-corrected chi connectivity index (χ0v) is 21.4. The fourth-order valence-corrected chi connectivity index (χ4v) is 4.89. The molecule has 1 atom stereocenters. The monoisotopic (exact) mass is 547 g/mol. The van der Waals surface area contributed by atoms with Gasteiger partial charge < -0.3 is 14.4 Å². The molecule has 1 fully saturated rings. The van der Waals surface area contributed by atoms with Crippen molar-refractivity contribution in [1.82, 2.24) is 14.5 Å². The summed E-state index contributed by atoms with van der Waals surface area (Å²) in [5.74, 6) is -1.04. The first-order chi connectivity index (χ1) is 17.1. The van der Waals surface area contributed by atoms with Crippen LogP contribution in [0.2, 0.25) is 0 Å². The van der Waals surface area contributed by atoms with Crippen LogP contribution in [0.25, 0.3) is 0 Å². The summed E-state index contributed by atoms with van der Waals surface area (Å²) in [6, 6.07) is 8.36. The van der Waals surface area contributed by atoms with Crippen LogP contribution in [-0.4, -0.2) is 69.0 Å². The molecule has 0 aliphatic carbocycles. The number of amides is 1. The zero-order valence-electron chi connectivity index (χ0n) is 20.6. The van der Waals surface area contributed by atoms with Crippen molar-refractivity contribution in [2.24, 2.45) is 0 Å². The van der Waals surface area contributed by atoms with Crippen molar-refractivity contribution in [2.75, 3.05) is 32.7 Å². The largest absolute Gasteiger partial charge is 0.573 e. The third-order valence-electron chi connectivity index (χ3n) is 5.40. The molecule has 0 spiro atoms. The number of sulfonamides is 1. The number of nitrogens with one attached hydrogen (secondary N) is 1. The fraction of sp³-hybridized carbons (Fsp3) is 0.458. The van der Waals surface area contributed by atoms with Crippen molar-refractivity contribution in [2.45, 2.75) is 43.7 Å². The van der Waals surface area contributed by atoms with Crippen LogP contribution in [0.3, 0.4) is 0 Å². The number of piperazine rings is 1. The van der Waals surface area contributed by atoms with Gasteiger partial charge in [-0.1, -0.05) is 12.1 Å². The first-order valence-electron chi connectivity index (χ1n) is 11.5. The van der Waals surface area contributed by atoms with Gasteiger partial charge in [-0.25, -0.2) is 22.3 Å². The minimum absolute atomic E-state index is 0.211. The van der Waals surface area contributed by atoms with Crippen molar-refractivity contribution >= 4 is 16.1 Å². The summed E-state index contributed by atoms with van der Waals surface area (Å²) in [4.78, 5) is 15.6. The number of hydrogen-bond acceptors (Lipinski definition) is 6. The molecule has 37 heavy (non-hydrogen) atoms. The quantitative estimate of drug-likeness (QED) is 0.521. The van der Waals surface area contributed by atoms with Gasteiger partial charge in [-0.3, -0.25) is 4.90 Å². The van der Waals surface area contributed by atoms with Gasteiger partial charge in [0.05, 0.1) is 10.9 Å². The average Bonchev–Trinajstić information content (AvgIpc) is 2.77. The van der Waals surface area contributed by atoms with Gasteiger partial charge in [-0.15, -0.1) is 13.2 Å². The van der Waals surface area contributed by atoms with Gasteiger partial charge in [0.25, 0.3) is 0 Å². The normalized spacial score (nSPS) is 16.4. The molecule has 0 saturated carbocycles. The predicted molar refractivity (Wildman–Crippen MR) is 127 cm³/mol. The summed E-state index contributed by atoms with van der Waals surface area (Å²) < 4.78 is 88.6. The molecule has 2 aromatic carbocycles. The van der Waals surface area contributed by atoms with Gasteiger partial charge in [0.1, 0.15) is 17.2 Å². The van der Waals surface area contributed by atoms with Gasteiger partial charge >= 0.3 is 12.5 Å². The second kappa shape index (κ2) is 11.2. The highest BCUT2D eigenvalue weighted by Gasteiger charge is 2.32. The molecule has 1 amide bonds. The molecule has 3 rings (SSSR count). The Morgan fingerprint density at radius 1 is 0.973 bits per heavy atom. The van der Waals surface area contributed by atoms with E-state index in [0.717, 1.165) is 24.3 Å². The van der Waals surface area contributed by atoms with E-state index in [1.165, 1.54) is 24.3 Å². The highest BCUT2D eigenvalue weighted by molar-refractivity contribution is 7.89. The summed E-state index contributed by atoms with van der Waals surface area (Å²) in [5, 5.41) is 0. The van der Waals surface area contributed by atoms with Crippen molar-refractivity contribution in [3.63, 3.8) is 0 Å². The molecule has 1 heterocycles. The van der Waals surface area contributed by atoms with Crippen LogP contribution in [-0.2, 0) is 14.8 Å². The number of alkyl halides is 3. The van der Waals surface area contributed by atoms with E-state index in [9.17, 15) is 30.8 Å². The van der Waals surface area contributed by atoms with Gasteiger partial charge in [0.2, 0.25) is 10.0 Å². The molecule has 1 N–H and O–H groups in total. The second-order valence-corrected chi connectivity index (χ2v) is 11.2. The van der Waals surface area contributed by atoms with Crippen molar-refractivity contribution < 1.29 is 40.2 Å². The van der Waals surface area contributed by atoms with Gasteiger partial charge in [0.15, 0.2) is 0 Å².